The second kappa shape index (κ2) is 34.8. The minimum atomic E-state index is -4.61. The molecule has 0 aliphatic heterocycles. The Labute approximate surface area is 314 Å². The molecule has 0 aliphatic rings. The Morgan fingerprint density at radius 1 is 0.529 bits per heavy atom. The van der Waals surface area contributed by atoms with Crippen LogP contribution in [0.1, 0.15) is 200 Å². The van der Waals surface area contributed by atoms with Crippen LogP contribution in [0.5, 0.6) is 0 Å². The van der Waals surface area contributed by atoms with Crippen LogP contribution in [0, 0.1) is 0 Å². The largest absolute Gasteiger partial charge is 0.756 e. The van der Waals surface area contributed by atoms with Crippen LogP contribution in [0.2, 0.25) is 0 Å². The maximum atomic E-state index is 12.6. The van der Waals surface area contributed by atoms with Crippen LogP contribution in [0.25, 0.3) is 0 Å². The third kappa shape index (κ3) is 38.5. The molecule has 0 N–H and O–H groups in total. The number of hydrogen-bond acceptors (Lipinski definition) is 8. The van der Waals surface area contributed by atoms with E-state index in [1.165, 1.54) is 128 Å². The Kier molecular flexibility index (Phi) is 34.1. The molecule has 0 rings (SSSR count). The first-order valence-corrected chi connectivity index (χ1v) is 22.7. The van der Waals surface area contributed by atoms with E-state index in [0.717, 1.165) is 38.5 Å². The Balaban J connectivity index is 4.23. The number of hydrogen-bond donors (Lipinski definition) is 0. The monoisotopic (exact) mass is 748 g/mol. The summed E-state index contributed by atoms with van der Waals surface area (Å²) in [6.45, 7) is 4.23. The highest BCUT2D eigenvalue weighted by Gasteiger charge is 2.21. The molecule has 0 aromatic rings. The molecule has 51 heavy (non-hydrogen) atoms. The van der Waals surface area contributed by atoms with E-state index in [4.69, 9.17) is 18.5 Å². The van der Waals surface area contributed by atoms with Gasteiger partial charge in [-0.2, -0.15) is 0 Å². The highest BCUT2D eigenvalue weighted by Crippen LogP contribution is 2.38. The molecule has 2 atom stereocenters. The Morgan fingerprint density at radius 3 is 1.25 bits per heavy atom. The molecule has 0 aromatic heterocycles. The summed E-state index contributed by atoms with van der Waals surface area (Å²) in [6, 6.07) is 0. The summed E-state index contributed by atoms with van der Waals surface area (Å²) in [5, 5.41) is 0. The average Bonchev–Trinajstić information content (AvgIpc) is 3.07. The molecule has 0 amide bonds. The lowest BCUT2D eigenvalue weighted by Gasteiger charge is -2.28. The minimum absolute atomic E-state index is 0.0261. The summed E-state index contributed by atoms with van der Waals surface area (Å²) in [5.41, 5.74) is 0. The molecule has 0 aliphatic carbocycles. The fourth-order valence-electron chi connectivity index (χ4n) is 6.01. The molecular weight excluding hydrogens is 665 g/mol. The van der Waals surface area contributed by atoms with Crippen LogP contribution in [0.15, 0.2) is 0 Å². The van der Waals surface area contributed by atoms with E-state index in [-0.39, 0.29) is 32.0 Å². The van der Waals surface area contributed by atoms with E-state index in [9.17, 15) is 19.0 Å². The van der Waals surface area contributed by atoms with E-state index >= 15 is 0 Å². The van der Waals surface area contributed by atoms with Gasteiger partial charge in [0.15, 0.2) is 6.10 Å². The maximum absolute atomic E-state index is 12.6. The van der Waals surface area contributed by atoms with Crippen LogP contribution in [0.4, 0.5) is 0 Å². The van der Waals surface area contributed by atoms with E-state index in [0.29, 0.717) is 17.4 Å². The normalized spacial score (nSPS) is 13.6. The molecule has 9 nitrogen and oxygen atoms in total. The lowest BCUT2D eigenvalue weighted by molar-refractivity contribution is -0.870. The van der Waals surface area contributed by atoms with Crippen molar-refractivity contribution in [3.05, 3.63) is 0 Å². The molecular formula is C41H82NO8P. The maximum Gasteiger partial charge on any atom is 0.306 e. The summed E-state index contributed by atoms with van der Waals surface area (Å²) in [7, 11) is 1.18. The van der Waals surface area contributed by atoms with Gasteiger partial charge in [0.1, 0.15) is 19.8 Å². The van der Waals surface area contributed by atoms with Crippen LogP contribution in [-0.2, 0) is 32.7 Å². The van der Waals surface area contributed by atoms with Crippen molar-refractivity contribution in [1.29, 1.82) is 0 Å². The highest BCUT2D eigenvalue weighted by atomic mass is 31.2. The lowest BCUT2D eigenvalue weighted by atomic mass is 10.0. The topological polar surface area (TPSA) is 111 Å². The summed E-state index contributed by atoms with van der Waals surface area (Å²) in [5.74, 6) is -0.825. The molecule has 0 spiro atoms. The Morgan fingerprint density at radius 2 is 0.882 bits per heavy atom. The van der Waals surface area contributed by atoms with E-state index in [1.54, 1.807) is 0 Å². The molecule has 304 valence electrons. The van der Waals surface area contributed by atoms with Crippen LogP contribution in [0.3, 0.4) is 0 Å². The first kappa shape index (κ1) is 50.0. The Bertz CT molecular complexity index is 850. The van der Waals surface area contributed by atoms with Gasteiger partial charge in [-0.3, -0.25) is 14.2 Å². The van der Waals surface area contributed by atoms with Crippen molar-refractivity contribution >= 4 is 19.8 Å². The molecule has 10 heteroatoms. The zero-order valence-corrected chi connectivity index (χ0v) is 35.0. The summed E-state index contributed by atoms with van der Waals surface area (Å²) >= 11 is 0. The third-order valence-corrected chi connectivity index (χ3v) is 10.3. The molecule has 0 heterocycles. The number of ether oxygens (including phenoxy) is 2. The van der Waals surface area contributed by atoms with Crippen LogP contribution >= 0.6 is 7.82 Å². The van der Waals surface area contributed by atoms with Gasteiger partial charge in [0.25, 0.3) is 7.82 Å². The molecule has 0 fully saturated rings. The van der Waals surface area contributed by atoms with Crippen molar-refractivity contribution < 1.29 is 42.1 Å². The van der Waals surface area contributed by atoms with Gasteiger partial charge in [-0.1, -0.05) is 174 Å². The second-order valence-corrected chi connectivity index (χ2v) is 17.1. The first-order valence-electron chi connectivity index (χ1n) is 21.2. The van der Waals surface area contributed by atoms with Crippen LogP contribution in [-0.4, -0.2) is 70.0 Å². The number of likely N-dealkylation sites (N-methyl/N-ethyl adjacent to an activating group) is 1. The van der Waals surface area contributed by atoms with Gasteiger partial charge in [-0.05, 0) is 12.8 Å². The van der Waals surface area contributed by atoms with Crippen molar-refractivity contribution in [1.82, 2.24) is 0 Å². The number of phosphoric acid groups is 1. The number of carbonyl (C=O) groups is 2. The smallest absolute Gasteiger partial charge is 0.306 e. The van der Waals surface area contributed by atoms with Crippen molar-refractivity contribution in [3.63, 3.8) is 0 Å². The number of unbranched alkanes of at least 4 members (excludes halogenated alkanes) is 25. The number of nitrogens with zero attached hydrogens (tertiary/aromatic N) is 1. The molecule has 0 saturated carbocycles. The molecule has 1 unspecified atom stereocenters. The summed E-state index contributed by atoms with van der Waals surface area (Å²) < 4.78 is 33.8. The predicted molar refractivity (Wildman–Crippen MR) is 208 cm³/mol. The molecule has 0 radical (unpaired) electrons. The van der Waals surface area contributed by atoms with Crippen molar-refractivity contribution in [2.75, 3.05) is 47.5 Å². The summed E-state index contributed by atoms with van der Waals surface area (Å²) in [4.78, 5) is 37.3. The van der Waals surface area contributed by atoms with Gasteiger partial charge < -0.3 is 27.9 Å². The average molecular weight is 748 g/mol. The molecule has 0 aromatic carbocycles. The number of phosphoric ester groups is 1. The zero-order chi connectivity index (χ0) is 37.9. The van der Waals surface area contributed by atoms with Gasteiger partial charge in [0.2, 0.25) is 0 Å². The third-order valence-electron chi connectivity index (χ3n) is 9.38. The molecule has 0 saturated heterocycles. The first-order chi connectivity index (χ1) is 24.5. The Hall–Kier alpha value is -0.990. The highest BCUT2D eigenvalue weighted by molar-refractivity contribution is 7.45. The van der Waals surface area contributed by atoms with Crippen LogP contribution < -0.4 is 4.89 Å². The van der Waals surface area contributed by atoms with E-state index in [2.05, 4.69) is 13.8 Å². The van der Waals surface area contributed by atoms with Gasteiger partial charge in [0, 0.05) is 12.8 Å². The number of quaternary nitrogens is 1. The van der Waals surface area contributed by atoms with E-state index in [1.807, 2.05) is 21.1 Å². The lowest BCUT2D eigenvalue weighted by Crippen LogP contribution is -2.37. The van der Waals surface area contributed by atoms with Gasteiger partial charge in [0.05, 0.1) is 27.7 Å². The quantitative estimate of drug-likeness (QED) is 0.0264. The standard InChI is InChI=1S/C41H82NO8P/c1-6-8-10-12-14-16-17-18-19-20-21-22-23-24-26-27-29-31-33-40(43)47-37-39(38-49-51(45,46)48-36-35-42(3,4)5)50-41(44)34-32-30-28-25-15-13-11-9-7-2/h39H,6-38H2,1-5H3/t39-/m0/s1. The van der Waals surface area contributed by atoms with Crippen molar-refractivity contribution in [2.45, 2.75) is 206 Å². The SMILES string of the molecule is CCCCCCCCCCCCCCCCCCCCC(=O)OC[C@@H](COP(=O)([O-])OCC[N+](C)(C)C)OC(=O)CCCCCCCCCCC. The fraction of sp³-hybridized carbons (Fsp3) is 0.951. The second-order valence-electron chi connectivity index (χ2n) is 15.7. The number of carbonyl (C=O) groups excluding carboxylic acids is 2. The van der Waals surface area contributed by atoms with Gasteiger partial charge >= 0.3 is 11.9 Å². The fourth-order valence-corrected chi connectivity index (χ4v) is 6.74. The summed E-state index contributed by atoms with van der Waals surface area (Å²) in [6.07, 6.45) is 32.8. The van der Waals surface area contributed by atoms with Crippen molar-refractivity contribution in [2.24, 2.45) is 0 Å². The zero-order valence-electron chi connectivity index (χ0n) is 34.1. The minimum Gasteiger partial charge on any atom is -0.756 e. The van der Waals surface area contributed by atoms with Gasteiger partial charge in [-0.15, -0.1) is 0 Å². The number of esters is 2. The predicted octanol–water partition coefficient (Wildman–Crippen LogP) is 11.0. The van der Waals surface area contributed by atoms with Crippen molar-refractivity contribution in [3.8, 4) is 0 Å². The van der Waals surface area contributed by atoms with Gasteiger partial charge in [-0.25, -0.2) is 0 Å². The molecule has 0 bridgehead atoms. The number of rotatable bonds is 39. The van der Waals surface area contributed by atoms with E-state index < -0.39 is 26.5 Å².